The third-order valence-corrected chi connectivity index (χ3v) is 8.83. The van der Waals surface area contributed by atoms with Crippen molar-refractivity contribution >= 4 is 38.6 Å². The third kappa shape index (κ3) is 3.80. The Kier molecular flexibility index (Phi) is 5.91. The van der Waals surface area contributed by atoms with Crippen LogP contribution < -0.4 is 4.90 Å². The molecule has 0 aliphatic carbocycles. The van der Waals surface area contributed by atoms with Gasteiger partial charge in [0.05, 0.1) is 5.41 Å². The number of nitrogens with zero attached hydrogens (tertiary/aromatic N) is 2. The molecule has 6 rings (SSSR count). The van der Waals surface area contributed by atoms with E-state index in [4.69, 9.17) is 0 Å². The highest BCUT2D eigenvalue weighted by Gasteiger charge is 2.46. The van der Waals surface area contributed by atoms with Crippen molar-refractivity contribution in [3.05, 3.63) is 120 Å². The summed E-state index contributed by atoms with van der Waals surface area (Å²) in [5.41, 5.74) is 7.98. The molecular weight excluding hydrogens is 472 g/mol. The van der Waals surface area contributed by atoms with E-state index in [1.807, 2.05) is 0 Å². The van der Waals surface area contributed by atoms with Crippen LogP contribution in [0, 0.1) is 0 Å². The van der Waals surface area contributed by atoms with E-state index in [1.165, 1.54) is 55.5 Å². The maximum atomic E-state index is 2.51. The largest absolute Gasteiger partial charge is 0.347 e. The van der Waals surface area contributed by atoms with Crippen LogP contribution in [0.3, 0.4) is 0 Å². The van der Waals surface area contributed by atoms with Gasteiger partial charge in [-0.25, -0.2) is 0 Å². The highest BCUT2D eigenvalue weighted by molar-refractivity contribution is 6.07. The topological polar surface area (TPSA) is 6.25 Å². The second-order valence-electron chi connectivity index (χ2n) is 12.3. The minimum atomic E-state index is -0.0837. The first-order valence-corrected chi connectivity index (χ1v) is 14.1. The number of rotatable bonds is 4. The molecule has 0 atom stereocenters. The lowest BCUT2D eigenvalue weighted by atomic mass is 9.79. The highest BCUT2D eigenvalue weighted by atomic mass is 15.2. The van der Waals surface area contributed by atoms with Crippen LogP contribution in [0.1, 0.15) is 52.7 Å². The number of hydrogen-bond donors (Lipinski definition) is 0. The fraction of sp³-hybridized carbons (Fsp3) is 0.270. The minimum Gasteiger partial charge on any atom is -0.347 e. The van der Waals surface area contributed by atoms with Crippen molar-refractivity contribution in [3.8, 4) is 0 Å². The number of benzene rings is 4. The van der Waals surface area contributed by atoms with Crippen molar-refractivity contribution in [2.24, 2.45) is 0 Å². The molecule has 4 aromatic carbocycles. The first kappa shape index (κ1) is 25.4. The van der Waals surface area contributed by atoms with Crippen molar-refractivity contribution in [1.29, 1.82) is 0 Å². The number of anilines is 1. The van der Waals surface area contributed by atoms with Crippen LogP contribution in [0.25, 0.3) is 21.5 Å². The molecule has 2 nitrogen and oxygen atoms in total. The summed E-state index contributed by atoms with van der Waals surface area (Å²) in [5.74, 6) is 0. The average molecular weight is 512 g/mol. The van der Waals surface area contributed by atoms with Crippen LogP contribution in [0.5, 0.6) is 0 Å². The van der Waals surface area contributed by atoms with Gasteiger partial charge in [0, 0.05) is 41.6 Å². The molecule has 2 aliphatic heterocycles. The molecule has 0 bridgehead atoms. The Bertz CT molecular complexity index is 1740. The number of likely N-dealkylation sites (N-methyl/N-ethyl adjacent to an activating group) is 1. The lowest BCUT2D eigenvalue weighted by Gasteiger charge is -2.24. The van der Waals surface area contributed by atoms with Gasteiger partial charge in [0.25, 0.3) is 0 Å². The van der Waals surface area contributed by atoms with Gasteiger partial charge in [-0.15, -0.1) is 0 Å². The molecule has 0 saturated carbocycles. The van der Waals surface area contributed by atoms with Gasteiger partial charge in [0.1, 0.15) is 0 Å². The molecule has 2 aliphatic rings. The number of allylic oxidation sites excluding steroid dienone is 6. The monoisotopic (exact) mass is 511 g/mol. The minimum absolute atomic E-state index is 0.0711. The Balaban J connectivity index is 1.34. The fourth-order valence-electron chi connectivity index (χ4n) is 7.07. The normalized spacial score (nSPS) is 19.0. The van der Waals surface area contributed by atoms with Crippen LogP contribution in [-0.4, -0.2) is 23.4 Å². The molecule has 39 heavy (non-hydrogen) atoms. The van der Waals surface area contributed by atoms with E-state index in [9.17, 15) is 0 Å². The summed E-state index contributed by atoms with van der Waals surface area (Å²) in [7, 11) is 2.19. The molecule has 2 heteroatoms. The Labute approximate surface area is 233 Å². The van der Waals surface area contributed by atoms with Crippen LogP contribution >= 0.6 is 0 Å². The van der Waals surface area contributed by atoms with E-state index < -0.39 is 0 Å². The van der Waals surface area contributed by atoms with Gasteiger partial charge < -0.3 is 4.90 Å². The van der Waals surface area contributed by atoms with E-state index in [2.05, 4.69) is 161 Å². The SMILES string of the molecule is CC(C)[N+]1=C(/C=C/C=C/C=C2/N(C)c3ccc4ccccc4c3C2(C)C)C(C)(C)c2c1ccc1ccccc21. The van der Waals surface area contributed by atoms with Gasteiger partial charge in [0.15, 0.2) is 11.8 Å². The summed E-state index contributed by atoms with van der Waals surface area (Å²) >= 11 is 0. The van der Waals surface area contributed by atoms with Gasteiger partial charge in [-0.1, -0.05) is 86.7 Å². The van der Waals surface area contributed by atoms with Crippen LogP contribution in [0.2, 0.25) is 0 Å². The summed E-state index contributed by atoms with van der Waals surface area (Å²) in [4.78, 5) is 2.35. The standard InChI is InChI=1S/C37H39N2/c1-25(2)39-31-24-22-27-16-12-14-18-29(27)35(31)37(5,6)33(39)20-10-8-9-19-32-36(3,4)34-28-17-13-11-15-26(28)21-23-30(34)38(32)7/h8-25H,1-7H3/q+1. The van der Waals surface area contributed by atoms with E-state index in [1.54, 1.807) is 0 Å². The lowest BCUT2D eigenvalue weighted by molar-refractivity contribution is -0.472. The molecule has 0 N–H and O–H groups in total. The number of fused-ring (bicyclic) bond motifs is 6. The Morgan fingerprint density at radius 2 is 1.31 bits per heavy atom. The van der Waals surface area contributed by atoms with Gasteiger partial charge in [-0.2, -0.15) is 4.58 Å². The van der Waals surface area contributed by atoms with Crippen LogP contribution in [-0.2, 0) is 10.8 Å². The van der Waals surface area contributed by atoms with Crippen molar-refractivity contribution in [1.82, 2.24) is 0 Å². The summed E-state index contributed by atoms with van der Waals surface area (Å²) < 4.78 is 2.51. The molecule has 196 valence electrons. The van der Waals surface area contributed by atoms with E-state index >= 15 is 0 Å². The van der Waals surface area contributed by atoms with E-state index in [0.717, 1.165) is 0 Å². The van der Waals surface area contributed by atoms with E-state index in [-0.39, 0.29) is 10.8 Å². The first-order chi connectivity index (χ1) is 18.6. The summed E-state index contributed by atoms with van der Waals surface area (Å²) in [5, 5.41) is 5.31. The highest BCUT2D eigenvalue weighted by Crippen LogP contribution is 2.50. The molecule has 0 radical (unpaired) electrons. The first-order valence-electron chi connectivity index (χ1n) is 14.1. The summed E-state index contributed by atoms with van der Waals surface area (Å²) in [6.45, 7) is 14.0. The van der Waals surface area contributed by atoms with Gasteiger partial charge in [-0.05, 0) is 73.0 Å². The Morgan fingerprint density at radius 1 is 0.692 bits per heavy atom. The van der Waals surface area contributed by atoms with E-state index in [0.29, 0.717) is 6.04 Å². The molecule has 0 aromatic heterocycles. The lowest BCUT2D eigenvalue weighted by Crippen LogP contribution is -2.29. The third-order valence-electron chi connectivity index (χ3n) is 8.83. The molecule has 0 spiro atoms. The predicted molar refractivity (Wildman–Crippen MR) is 169 cm³/mol. The zero-order valence-electron chi connectivity index (χ0n) is 24.3. The maximum absolute atomic E-state index is 2.51. The van der Waals surface area contributed by atoms with Crippen molar-refractivity contribution < 1.29 is 4.58 Å². The summed E-state index contributed by atoms with van der Waals surface area (Å²) in [6, 6.07) is 27.0. The zero-order valence-corrected chi connectivity index (χ0v) is 24.3. The maximum Gasteiger partial charge on any atom is 0.210 e. The summed E-state index contributed by atoms with van der Waals surface area (Å²) in [6.07, 6.45) is 11.2. The molecule has 2 heterocycles. The quantitative estimate of drug-likeness (QED) is 0.195. The zero-order chi connectivity index (χ0) is 27.5. The smallest absolute Gasteiger partial charge is 0.210 e. The van der Waals surface area contributed by atoms with Crippen LogP contribution in [0.4, 0.5) is 11.4 Å². The Hall–Kier alpha value is -3.91. The molecule has 0 saturated heterocycles. The van der Waals surface area contributed by atoms with Crippen molar-refractivity contribution in [3.63, 3.8) is 0 Å². The van der Waals surface area contributed by atoms with Crippen molar-refractivity contribution in [2.75, 3.05) is 11.9 Å². The van der Waals surface area contributed by atoms with Crippen molar-refractivity contribution in [2.45, 2.75) is 58.4 Å². The molecule has 0 fully saturated rings. The van der Waals surface area contributed by atoms with Gasteiger partial charge >= 0.3 is 0 Å². The molecule has 4 aromatic rings. The molecule has 0 unspecified atom stereocenters. The second-order valence-corrected chi connectivity index (χ2v) is 12.3. The fourth-order valence-corrected chi connectivity index (χ4v) is 7.07. The van der Waals surface area contributed by atoms with Gasteiger partial charge in [-0.3, -0.25) is 0 Å². The van der Waals surface area contributed by atoms with Gasteiger partial charge in [0.2, 0.25) is 5.69 Å². The van der Waals surface area contributed by atoms with Crippen LogP contribution in [0.15, 0.2) is 109 Å². The molecule has 0 amide bonds. The Morgan fingerprint density at radius 3 is 1.97 bits per heavy atom. The average Bonchev–Trinajstić information content (AvgIpc) is 3.27. The number of hydrogen-bond acceptors (Lipinski definition) is 1. The molecular formula is C37H39N2+. The predicted octanol–water partition coefficient (Wildman–Crippen LogP) is 9.20. The second kappa shape index (κ2) is 9.09.